The summed E-state index contributed by atoms with van der Waals surface area (Å²) < 4.78 is 5.52. The molecule has 5 heteroatoms. The zero-order chi connectivity index (χ0) is 17.5. The van der Waals surface area contributed by atoms with E-state index in [0.29, 0.717) is 13.0 Å². The van der Waals surface area contributed by atoms with Crippen LogP contribution in [0.5, 0.6) is 0 Å². The van der Waals surface area contributed by atoms with Gasteiger partial charge in [0.2, 0.25) is 5.91 Å². The van der Waals surface area contributed by atoms with Gasteiger partial charge in [0.1, 0.15) is 6.04 Å². The van der Waals surface area contributed by atoms with Gasteiger partial charge in [-0.1, -0.05) is 29.8 Å². The van der Waals surface area contributed by atoms with Crippen LogP contribution >= 0.6 is 0 Å². The summed E-state index contributed by atoms with van der Waals surface area (Å²) in [6, 6.07) is 7.04. The summed E-state index contributed by atoms with van der Waals surface area (Å²) >= 11 is 0. The fraction of sp³-hybridized carbons (Fsp3) is 0.556. The second-order valence-electron chi connectivity index (χ2n) is 6.69. The molecule has 1 rings (SSSR count). The number of hydrogen-bond acceptors (Lipinski definition) is 3. The standard InChI is InChI=1S/C18H27NO4/c1-13-5-7-14(8-6-13)9-10-16(20)19-15(17(21)22)11-12-23-18(2,3)4/h5-8,15H,9-12H2,1-4H3,(H,19,20)(H,21,22). The highest BCUT2D eigenvalue weighted by atomic mass is 16.5. The highest BCUT2D eigenvalue weighted by Gasteiger charge is 2.21. The maximum atomic E-state index is 11.9. The van der Waals surface area contributed by atoms with Crippen LogP contribution in [0.2, 0.25) is 0 Å². The number of hydrogen-bond donors (Lipinski definition) is 2. The lowest BCUT2D eigenvalue weighted by atomic mass is 10.1. The van der Waals surface area contributed by atoms with E-state index < -0.39 is 12.0 Å². The van der Waals surface area contributed by atoms with Crippen LogP contribution in [0, 0.1) is 6.92 Å². The molecule has 1 unspecified atom stereocenters. The molecule has 0 saturated carbocycles. The number of carboxylic acid groups (broad SMARTS) is 1. The molecular weight excluding hydrogens is 294 g/mol. The van der Waals surface area contributed by atoms with Gasteiger partial charge in [0.15, 0.2) is 0 Å². The summed E-state index contributed by atoms with van der Waals surface area (Å²) in [5.74, 6) is -1.29. The van der Waals surface area contributed by atoms with E-state index in [0.717, 1.165) is 5.56 Å². The zero-order valence-electron chi connectivity index (χ0n) is 14.4. The van der Waals surface area contributed by atoms with Crippen molar-refractivity contribution in [1.82, 2.24) is 5.32 Å². The fourth-order valence-corrected chi connectivity index (χ4v) is 2.02. The first kappa shape index (κ1) is 19.2. The minimum absolute atomic E-state index is 0.253. The minimum atomic E-state index is -1.04. The van der Waals surface area contributed by atoms with Crippen molar-refractivity contribution >= 4 is 11.9 Å². The Hall–Kier alpha value is -1.88. The van der Waals surface area contributed by atoms with Crippen LogP contribution in [0.3, 0.4) is 0 Å². The molecule has 1 aromatic carbocycles. The summed E-state index contributed by atoms with van der Waals surface area (Å²) in [6.45, 7) is 8.01. The molecule has 128 valence electrons. The van der Waals surface area contributed by atoms with Crippen LogP contribution in [-0.4, -0.2) is 35.2 Å². The number of carbonyl (C=O) groups excluding carboxylic acids is 1. The Labute approximate surface area is 138 Å². The van der Waals surface area contributed by atoms with Crippen LogP contribution in [0.25, 0.3) is 0 Å². The molecule has 1 aromatic rings. The quantitative estimate of drug-likeness (QED) is 0.772. The molecule has 0 fully saturated rings. The van der Waals surface area contributed by atoms with Crippen LogP contribution in [0.15, 0.2) is 24.3 Å². The van der Waals surface area contributed by atoms with Gasteiger partial charge >= 0.3 is 5.97 Å². The molecule has 0 saturated heterocycles. The van der Waals surface area contributed by atoms with Gasteiger partial charge in [0, 0.05) is 19.4 Å². The third-order valence-corrected chi connectivity index (χ3v) is 3.34. The molecule has 0 heterocycles. The average molecular weight is 321 g/mol. The third kappa shape index (κ3) is 8.35. The second-order valence-corrected chi connectivity index (χ2v) is 6.69. The number of benzene rings is 1. The molecule has 1 atom stereocenters. The highest BCUT2D eigenvalue weighted by Crippen LogP contribution is 2.09. The van der Waals surface area contributed by atoms with E-state index in [4.69, 9.17) is 4.74 Å². The zero-order valence-corrected chi connectivity index (χ0v) is 14.4. The molecular formula is C18H27NO4. The van der Waals surface area contributed by atoms with Crippen molar-refractivity contribution < 1.29 is 19.4 Å². The van der Waals surface area contributed by atoms with E-state index in [1.54, 1.807) is 0 Å². The van der Waals surface area contributed by atoms with Crippen LogP contribution in [-0.2, 0) is 20.7 Å². The summed E-state index contributed by atoms with van der Waals surface area (Å²) in [5, 5.41) is 11.8. The first-order valence-electron chi connectivity index (χ1n) is 7.89. The number of nitrogens with one attached hydrogen (secondary N) is 1. The Balaban J connectivity index is 2.41. The van der Waals surface area contributed by atoms with Crippen LogP contribution < -0.4 is 5.32 Å². The van der Waals surface area contributed by atoms with E-state index in [9.17, 15) is 14.7 Å². The van der Waals surface area contributed by atoms with E-state index in [1.165, 1.54) is 5.56 Å². The molecule has 5 nitrogen and oxygen atoms in total. The van der Waals surface area contributed by atoms with E-state index in [2.05, 4.69) is 5.32 Å². The van der Waals surface area contributed by atoms with E-state index in [1.807, 2.05) is 52.0 Å². The van der Waals surface area contributed by atoms with Gasteiger partial charge in [0.05, 0.1) is 5.60 Å². The summed E-state index contributed by atoms with van der Waals surface area (Å²) in [7, 11) is 0. The van der Waals surface area contributed by atoms with Crippen molar-refractivity contribution in [3.8, 4) is 0 Å². The van der Waals surface area contributed by atoms with Crippen LogP contribution in [0.4, 0.5) is 0 Å². The topological polar surface area (TPSA) is 75.6 Å². The number of ether oxygens (including phenoxy) is 1. The van der Waals surface area contributed by atoms with Gasteiger partial charge in [-0.15, -0.1) is 0 Å². The first-order valence-corrected chi connectivity index (χ1v) is 7.89. The highest BCUT2D eigenvalue weighted by molar-refractivity contribution is 5.83. The van der Waals surface area contributed by atoms with Crippen molar-refractivity contribution in [3.63, 3.8) is 0 Å². The molecule has 0 spiro atoms. The fourth-order valence-electron chi connectivity index (χ4n) is 2.02. The predicted octanol–water partition coefficient (Wildman–Crippen LogP) is 2.70. The van der Waals surface area contributed by atoms with Gasteiger partial charge in [-0.05, 0) is 39.7 Å². The first-order chi connectivity index (χ1) is 10.7. The maximum absolute atomic E-state index is 11.9. The van der Waals surface area contributed by atoms with Crippen molar-refractivity contribution in [2.24, 2.45) is 0 Å². The van der Waals surface area contributed by atoms with Gasteiger partial charge in [-0.25, -0.2) is 4.79 Å². The number of carbonyl (C=O) groups is 2. The summed E-state index contributed by atoms with van der Waals surface area (Å²) in [5.41, 5.74) is 1.91. The van der Waals surface area contributed by atoms with Gasteiger partial charge < -0.3 is 15.2 Å². The summed E-state index contributed by atoms with van der Waals surface area (Å²) in [4.78, 5) is 23.2. The van der Waals surface area contributed by atoms with Crippen molar-refractivity contribution in [1.29, 1.82) is 0 Å². The number of carboxylic acids is 1. The molecule has 1 amide bonds. The second kappa shape index (κ2) is 8.67. The number of rotatable bonds is 8. The van der Waals surface area contributed by atoms with Crippen molar-refractivity contribution in [2.45, 2.75) is 58.6 Å². The molecule has 0 aliphatic rings. The number of amides is 1. The Morgan fingerprint density at radius 2 is 1.83 bits per heavy atom. The normalized spacial score (nSPS) is 12.7. The predicted molar refractivity (Wildman–Crippen MR) is 89.4 cm³/mol. The van der Waals surface area contributed by atoms with Gasteiger partial charge in [-0.2, -0.15) is 0 Å². The molecule has 0 bridgehead atoms. The number of aryl methyl sites for hydroxylation is 2. The molecule has 0 radical (unpaired) electrons. The molecule has 0 aliphatic heterocycles. The Kier molecular flexibility index (Phi) is 7.23. The SMILES string of the molecule is Cc1ccc(CCC(=O)NC(CCOC(C)(C)C)C(=O)O)cc1. The third-order valence-electron chi connectivity index (χ3n) is 3.34. The molecule has 0 aromatic heterocycles. The Morgan fingerprint density at radius 3 is 2.35 bits per heavy atom. The molecule has 23 heavy (non-hydrogen) atoms. The van der Waals surface area contributed by atoms with Crippen molar-refractivity contribution in [2.75, 3.05) is 6.61 Å². The van der Waals surface area contributed by atoms with Gasteiger partial charge in [-0.3, -0.25) is 4.79 Å². The minimum Gasteiger partial charge on any atom is -0.480 e. The smallest absolute Gasteiger partial charge is 0.326 e. The largest absolute Gasteiger partial charge is 0.480 e. The molecule has 0 aliphatic carbocycles. The monoisotopic (exact) mass is 321 g/mol. The lowest BCUT2D eigenvalue weighted by molar-refractivity contribution is -0.142. The molecule has 2 N–H and O–H groups in total. The number of aliphatic carboxylic acids is 1. The van der Waals surface area contributed by atoms with Crippen molar-refractivity contribution in [3.05, 3.63) is 35.4 Å². The maximum Gasteiger partial charge on any atom is 0.326 e. The van der Waals surface area contributed by atoms with E-state index in [-0.39, 0.29) is 24.3 Å². The average Bonchev–Trinajstić information content (AvgIpc) is 2.44. The van der Waals surface area contributed by atoms with Crippen LogP contribution in [0.1, 0.15) is 44.7 Å². The summed E-state index contributed by atoms with van der Waals surface area (Å²) in [6.07, 6.45) is 1.12. The van der Waals surface area contributed by atoms with Gasteiger partial charge in [0.25, 0.3) is 0 Å². The Morgan fingerprint density at radius 1 is 1.22 bits per heavy atom. The lowest BCUT2D eigenvalue weighted by Crippen LogP contribution is -2.42. The Bertz CT molecular complexity index is 517. The van der Waals surface area contributed by atoms with E-state index >= 15 is 0 Å². The lowest BCUT2D eigenvalue weighted by Gasteiger charge is -2.21.